The Morgan fingerprint density at radius 2 is 1.55 bits per heavy atom. The SMILES string of the molecule is COc1cc(N2CCC(N3CCC(CN4CCN(c5ccc6c(c5)C(=O)N(C5CCC(=O)NC5=O)C6=O)CC4)CC3)CC2)c(-c2cnn(C)c2)cc1Nc1ncc(Cl)c(Nc2ccc3nccnc3c2P(C)(C)=O)n1. The highest BCUT2D eigenvalue weighted by Gasteiger charge is 2.45. The number of anilines is 6. The molecule has 4 amide bonds. The van der Waals surface area contributed by atoms with Gasteiger partial charge in [0.1, 0.15) is 29.5 Å². The molecule has 3 aromatic heterocycles. The summed E-state index contributed by atoms with van der Waals surface area (Å²) in [6.45, 7) is 11.9. The number of benzene rings is 3. The molecule has 0 radical (unpaired) electrons. The molecule has 0 bridgehead atoms. The lowest BCUT2D eigenvalue weighted by atomic mass is 9.92. The number of carbonyl (C=O) groups is 4. The van der Waals surface area contributed by atoms with Crippen molar-refractivity contribution in [2.75, 3.05) is 99.8 Å². The number of piperazine rings is 1. The van der Waals surface area contributed by atoms with Crippen LogP contribution < -0.4 is 35.8 Å². The number of fused-ring (bicyclic) bond motifs is 2. The van der Waals surface area contributed by atoms with E-state index in [1.165, 1.54) is 6.20 Å². The number of imide groups is 2. The van der Waals surface area contributed by atoms with Crippen molar-refractivity contribution in [3.63, 3.8) is 0 Å². The van der Waals surface area contributed by atoms with E-state index in [1.54, 1.807) is 49.6 Å². The summed E-state index contributed by atoms with van der Waals surface area (Å²) in [5, 5.41) is 14.3. The van der Waals surface area contributed by atoms with Crippen molar-refractivity contribution in [2.24, 2.45) is 13.0 Å². The largest absolute Gasteiger partial charge is 0.494 e. The molecule has 0 saturated carbocycles. The molecule has 0 aliphatic carbocycles. The molecule has 3 aromatic carbocycles. The van der Waals surface area contributed by atoms with Gasteiger partial charge in [-0.3, -0.25) is 48.9 Å². The third-order valence-electron chi connectivity index (χ3n) is 15.4. The molecule has 22 heteroatoms. The zero-order valence-corrected chi connectivity index (χ0v) is 44.1. The van der Waals surface area contributed by atoms with Crippen LogP contribution in [0, 0.1) is 5.92 Å². The molecule has 4 saturated heterocycles. The van der Waals surface area contributed by atoms with Crippen LogP contribution in [0.5, 0.6) is 5.75 Å². The monoisotopic (exact) mass is 1050 g/mol. The fourth-order valence-corrected chi connectivity index (χ4v) is 13.0. The first-order valence-corrected chi connectivity index (χ1v) is 28.6. The van der Waals surface area contributed by atoms with Crippen LogP contribution in [0.4, 0.5) is 34.5 Å². The maximum Gasteiger partial charge on any atom is 0.262 e. The Labute approximate surface area is 439 Å². The normalized spacial score (nSPS) is 19.5. The summed E-state index contributed by atoms with van der Waals surface area (Å²) in [6.07, 6.45) is 13.3. The number of methoxy groups -OCH3 is 1. The summed E-state index contributed by atoms with van der Waals surface area (Å²) in [6, 6.07) is 12.7. The van der Waals surface area contributed by atoms with Crippen molar-refractivity contribution in [1.29, 1.82) is 0 Å². The highest BCUT2D eigenvalue weighted by Crippen LogP contribution is 2.44. The zero-order chi connectivity index (χ0) is 52.1. The Morgan fingerprint density at radius 1 is 0.787 bits per heavy atom. The molecule has 4 fully saturated rings. The first-order valence-electron chi connectivity index (χ1n) is 25.6. The van der Waals surface area contributed by atoms with Gasteiger partial charge in [0.2, 0.25) is 17.8 Å². The molecule has 0 spiro atoms. The van der Waals surface area contributed by atoms with Gasteiger partial charge in [-0.15, -0.1) is 0 Å². The van der Waals surface area contributed by atoms with E-state index in [4.69, 9.17) is 21.3 Å². The predicted octanol–water partition coefficient (Wildman–Crippen LogP) is 6.12. The summed E-state index contributed by atoms with van der Waals surface area (Å²) < 4.78 is 21.5. The molecule has 75 heavy (non-hydrogen) atoms. The average molecular weight is 1060 g/mol. The Kier molecular flexibility index (Phi) is 13.8. The third-order valence-corrected chi connectivity index (χ3v) is 17.2. The lowest BCUT2D eigenvalue weighted by molar-refractivity contribution is -0.136. The van der Waals surface area contributed by atoms with E-state index in [-0.39, 0.29) is 23.8 Å². The minimum absolute atomic E-state index is 0.0901. The number of nitrogens with one attached hydrogen (secondary N) is 3. The first-order chi connectivity index (χ1) is 36.2. The number of nitrogens with zero attached hydrogens (tertiary/aromatic N) is 11. The number of hydrogen-bond donors (Lipinski definition) is 3. The van der Waals surface area contributed by atoms with Crippen molar-refractivity contribution in [3.8, 4) is 16.9 Å². The van der Waals surface area contributed by atoms with Crippen molar-refractivity contribution in [1.82, 2.24) is 49.7 Å². The van der Waals surface area contributed by atoms with Crippen LogP contribution in [0.2, 0.25) is 5.02 Å². The highest BCUT2D eigenvalue weighted by molar-refractivity contribution is 7.71. The van der Waals surface area contributed by atoms with Gasteiger partial charge in [-0.25, -0.2) is 4.98 Å². The van der Waals surface area contributed by atoms with E-state index in [0.717, 1.165) is 112 Å². The van der Waals surface area contributed by atoms with Crippen LogP contribution in [-0.2, 0) is 21.2 Å². The van der Waals surface area contributed by atoms with Crippen molar-refractivity contribution in [2.45, 2.75) is 50.6 Å². The second kappa shape index (κ2) is 20.6. The van der Waals surface area contributed by atoms with Crippen LogP contribution in [0.25, 0.3) is 22.2 Å². The molecular formula is C53H60ClN14O6P. The zero-order valence-electron chi connectivity index (χ0n) is 42.5. The molecule has 5 aliphatic heterocycles. The van der Waals surface area contributed by atoms with Gasteiger partial charge >= 0.3 is 0 Å². The summed E-state index contributed by atoms with van der Waals surface area (Å²) in [4.78, 5) is 80.2. The summed E-state index contributed by atoms with van der Waals surface area (Å²) in [5.41, 5.74) is 6.97. The maximum absolute atomic E-state index is 13.6. The van der Waals surface area contributed by atoms with Gasteiger partial charge in [-0.05, 0) is 101 Å². The van der Waals surface area contributed by atoms with Crippen molar-refractivity contribution >= 4 is 93.2 Å². The number of piperidine rings is 3. The second-order valence-corrected chi connectivity index (χ2v) is 24.1. The van der Waals surface area contributed by atoms with Crippen molar-refractivity contribution < 1.29 is 28.5 Å². The fraction of sp³-hybridized carbons (Fsp3) is 0.415. The van der Waals surface area contributed by atoms with Crippen LogP contribution in [0.1, 0.15) is 59.2 Å². The van der Waals surface area contributed by atoms with Gasteiger partial charge in [-0.2, -0.15) is 10.1 Å². The number of aryl methyl sites for hydroxylation is 1. The van der Waals surface area contributed by atoms with Crippen molar-refractivity contribution in [3.05, 3.63) is 89.6 Å². The number of likely N-dealkylation sites (tertiary alicyclic amines) is 1. The van der Waals surface area contributed by atoms with E-state index in [2.05, 4.69) is 67.7 Å². The van der Waals surface area contributed by atoms with Crippen LogP contribution in [0.3, 0.4) is 0 Å². The van der Waals surface area contributed by atoms with Gasteiger partial charge in [0.05, 0.1) is 52.8 Å². The number of hydrogen-bond acceptors (Lipinski definition) is 17. The molecule has 1 atom stereocenters. The van der Waals surface area contributed by atoms with E-state index < -0.39 is 36.8 Å². The molecule has 390 valence electrons. The Hall–Kier alpha value is -6.99. The van der Waals surface area contributed by atoms with Gasteiger partial charge < -0.3 is 34.6 Å². The van der Waals surface area contributed by atoms with Gasteiger partial charge in [0.25, 0.3) is 11.8 Å². The number of rotatable bonds is 13. The smallest absolute Gasteiger partial charge is 0.262 e. The molecular weight excluding hydrogens is 995 g/mol. The Bertz CT molecular complexity index is 3270. The number of amides is 4. The standard InChI is InChI=1S/C53H60ClN14O6P/c1-63-31-33(28-58-63)37-26-42(60-53-57-29-39(54)49(62-53)59-41-8-7-40-47(56-16-15-55-40)48(41)75(3,4)73)45(74-2)27-44(37)67-19-13-34(14-20-67)65-17-11-32(12-18-65)30-64-21-23-66(24-22-64)35-5-6-36-38(25-35)52(72)68(51(36)71)43-9-10-46(69)61-50(43)70/h5-8,15-16,25-29,31-32,34,43H,9-14,17-24,30H2,1-4H3,(H,61,69,70)(H2,57,59,60,62). The van der Waals surface area contributed by atoms with Gasteiger partial charge in [-0.1, -0.05) is 11.6 Å². The Balaban J connectivity index is 0.700. The number of carbonyl (C=O) groups excluding carboxylic acids is 4. The topological polar surface area (TPSA) is 216 Å². The molecule has 20 nitrogen and oxygen atoms in total. The minimum atomic E-state index is -2.84. The maximum atomic E-state index is 13.6. The van der Waals surface area contributed by atoms with Crippen LogP contribution >= 0.6 is 18.7 Å². The average Bonchev–Trinajstić information content (AvgIpc) is 3.96. The minimum Gasteiger partial charge on any atom is -0.494 e. The molecule has 1 unspecified atom stereocenters. The Morgan fingerprint density at radius 3 is 2.27 bits per heavy atom. The fourth-order valence-electron chi connectivity index (χ4n) is 11.5. The van der Waals surface area contributed by atoms with Gasteiger partial charge in [0.15, 0.2) is 5.82 Å². The number of ether oxygens (including phenoxy) is 1. The molecule has 6 aromatic rings. The van der Waals surface area contributed by atoms with Crippen LogP contribution in [-0.4, -0.2) is 159 Å². The molecule has 5 aliphatic rings. The van der Waals surface area contributed by atoms with Crippen LogP contribution in [0.15, 0.2) is 73.4 Å². The van der Waals surface area contributed by atoms with E-state index in [9.17, 15) is 23.7 Å². The molecule has 11 rings (SSSR count). The summed E-state index contributed by atoms with van der Waals surface area (Å²) >= 11 is 6.68. The van der Waals surface area contributed by atoms with E-state index in [1.807, 2.05) is 37.6 Å². The number of aromatic nitrogens is 6. The number of halogens is 1. The highest BCUT2D eigenvalue weighted by atomic mass is 35.5. The second-order valence-electron chi connectivity index (χ2n) is 20.5. The summed E-state index contributed by atoms with van der Waals surface area (Å²) in [5.74, 6) is -0.0952. The predicted molar refractivity (Wildman–Crippen MR) is 289 cm³/mol. The molecule has 3 N–H and O–H groups in total. The quantitative estimate of drug-likeness (QED) is 0.0877. The summed E-state index contributed by atoms with van der Waals surface area (Å²) in [7, 11) is 0.729. The van der Waals surface area contributed by atoms with Gasteiger partial charge in [0, 0.05) is 112 Å². The lowest BCUT2D eigenvalue weighted by Crippen LogP contribution is -2.54. The lowest BCUT2D eigenvalue weighted by Gasteiger charge is -2.44. The molecule has 8 heterocycles. The van der Waals surface area contributed by atoms with E-state index in [0.29, 0.717) is 62.4 Å². The van der Waals surface area contributed by atoms with E-state index >= 15 is 0 Å². The first kappa shape index (κ1) is 50.2. The third kappa shape index (κ3) is 10.2.